The van der Waals surface area contributed by atoms with Crippen molar-refractivity contribution in [3.63, 3.8) is 0 Å². The Morgan fingerprint density at radius 1 is 1.35 bits per heavy atom. The van der Waals surface area contributed by atoms with Gasteiger partial charge in [-0.25, -0.2) is 0 Å². The fraction of sp³-hybridized carbons (Fsp3) is 0.800. The van der Waals surface area contributed by atoms with Crippen molar-refractivity contribution < 1.29 is 26.8 Å². The highest BCUT2D eigenvalue weighted by Gasteiger charge is 2.55. The van der Waals surface area contributed by atoms with Crippen molar-refractivity contribution in [2.75, 3.05) is 6.26 Å². The van der Waals surface area contributed by atoms with Gasteiger partial charge in [0.2, 0.25) is 0 Å². The van der Waals surface area contributed by atoms with Crippen molar-refractivity contribution in [2.45, 2.75) is 44.2 Å². The van der Waals surface area contributed by atoms with Crippen LogP contribution in [0.2, 0.25) is 0 Å². The third-order valence-corrected chi connectivity index (χ3v) is 3.12. The third-order valence-electron chi connectivity index (χ3n) is 2.55. The molecule has 2 saturated heterocycles. The van der Waals surface area contributed by atoms with Crippen molar-refractivity contribution >= 4 is 10.1 Å². The summed E-state index contributed by atoms with van der Waals surface area (Å²) in [5.74, 6) is -0.805. The van der Waals surface area contributed by atoms with E-state index in [0.29, 0.717) is 0 Å². The molecule has 0 aliphatic carbocycles. The lowest BCUT2D eigenvalue weighted by molar-refractivity contribution is -0.207. The van der Waals surface area contributed by atoms with Gasteiger partial charge in [-0.3, -0.25) is 4.18 Å². The number of fused-ring (bicyclic) bond motifs is 1. The Labute approximate surface area is 101 Å². The predicted octanol–water partition coefficient (Wildman–Crippen LogP) is 0.394. The van der Waals surface area contributed by atoms with Gasteiger partial charge in [-0.15, -0.1) is 6.58 Å². The Morgan fingerprint density at radius 2 is 2.00 bits per heavy atom. The van der Waals surface area contributed by atoms with E-state index in [4.69, 9.17) is 18.4 Å². The van der Waals surface area contributed by atoms with E-state index < -0.39 is 40.5 Å². The van der Waals surface area contributed by atoms with Gasteiger partial charge in [0, 0.05) is 0 Å². The second-order valence-corrected chi connectivity index (χ2v) is 6.17. The molecule has 0 amide bonds. The van der Waals surface area contributed by atoms with Crippen molar-refractivity contribution in [3.05, 3.63) is 12.7 Å². The fourth-order valence-corrected chi connectivity index (χ4v) is 2.63. The van der Waals surface area contributed by atoms with E-state index in [2.05, 4.69) is 6.58 Å². The molecule has 6 nitrogen and oxygen atoms in total. The number of hydrogen-bond acceptors (Lipinski definition) is 6. The Balaban J connectivity index is 2.19. The minimum Gasteiger partial charge on any atom is -0.339 e. The van der Waals surface area contributed by atoms with Gasteiger partial charge in [0.05, 0.1) is 6.26 Å². The Bertz CT molecular complexity index is 415. The van der Waals surface area contributed by atoms with Crippen molar-refractivity contribution in [1.29, 1.82) is 0 Å². The summed E-state index contributed by atoms with van der Waals surface area (Å²) in [6.07, 6.45) is -0.0393. The Kier molecular flexibility index (Phi) is 3.07. The van der Waals surface area contributed by atoms with Gasteiger partial charge in [0.1, 0.15) is 18.3 Å². The highest BCUT2D eigenvalue weighted by atomic mass is 32.2. The van der Waals surface area contributed by atoms with E-state index in [1.807, 2.05) is 0 Å². The summed E-state index contributed by atoms with van der Waals surface area (Å²) in [5, 5.41) is 0. The van der Waals surface area contributed by atoms with E-state index in [-0.39, 0.29) is 0 Å². The molecule has 7 heteroatoms. The smallest absolute Gasteiger partial charge is 0.264 e. The van der Waals surface area contributed by atoms with Crippen molar-refractivity contribution in [3.8, 4) is 0 Å². The molecule has 2 fully saturated rings. The zero-order valence-corrected chi connectivity index (χ0v) is 10.8. The zero-order chi connectivity index (χ0) is 12.8. The lowest BCUT2D eigenvalue weighted by atomic mass is 10.1. The fourth-order valence-electron chi connectivity index (χ4n) is 2.01. The van der Waals surface area contributed by atoms with Crippen LogP contribution in [0, 0.1) is 0 Å². The first kappa shape index (κ1) is 13.0. The van der Waals surface area contributed by atoms with E-state index >= 15 is 0 Å². The molecule has 0 aromatic rings. The molecule has 0 bridgehead atoms. The molecule has 0 saturated carbocycles. The van der Waals surface area contributed by atoms with E-state index in [9.17, 15) is 8.42 Å². The van der Waals surface area contributed by atoms with Gasteiger partial charge in [0.15, 0.2) is 12.1 Å². The lowest BCUT2D eigenvalue weighted by Gasteiger charge is -2.23. The summed E-state index contributed by atoms with van der Waals surface area (Å²) in [6, 6.07) is 0. The van der Waals surface area contributed by atoms with Gasteiger partial charge in [0.25, 0.3) is 10.1 Å². The van der Waals surface area contributed by atoms with E-state index in [1.54, 1.807) is 13.8 Å². The molecular weight excluding hydrogens is 248 g/mol. The minimum absolute atomic E-state index is 0.559. The summed E-state index contributed by atoms with van der Waals surface area (Å²) in [4.78, 5) is 0. The van der Waals surface area contributed by atoms with Gasteiger partial charge in [-0.1, -0.05) is 6.08 Å². The summed E-state index contributed by atoms with van der Waals surface area (Å²) in [6.45, 7) is 7.04. The summed E-state index contributed by atoms with van der Waals surface area (Å²) < 4.78 is 43.9. The molecule has 2 rings (SSSR count). The second kappa shape index (κ2) is 4.03. The molecule has 0 aromatic heterocycles. The molecule has 0 N–H and O–H groups in total. The normalized spacial score (nSPS) is 40.2. The monoisotopic (exact) mass is 264 g/mol. The topological polar surface area (TPSA) is 71.1 Å². The van der Waals surface area contributed by atoms with E-state index in [0.717, 1.165) is 6.26 Å². The van der Waals surface area contributed by atoms with Gasteiger partial charge < -0.3 is 14.2 Å². The van der Waals surface area contributed by atoms with Crippen molar-refractivity contribution in [1.82, 2.24) is 0 Å². The molecule has 0 aromatic carbocycles. The maximum Gasteiger partial charge on any atom is 0.264 e. The molecule has 0 spiro atoms. The molecule has 0 radical (unpaired) electrons. The lowest BCUT2D eigenvalue weighted by Crippen LogP contribution is -2.37. The van der Waals surface area contributed by atoms with Crippen LogP contribution in [0.3, 0.4) is 0 Å². The molecule has 2 aliphatic heterocycles. The Hall–Kier alpha value is -0.470. The maximum atomic E-state index is 11.2. The summed E-state index contributed by atoms with van der Waals surface area (Å²) >= 11 is 0. The molecule has 4 atom stereocenters. The van der Waals surface area contributed by atoms with Crippen LogP contribution in [-0.2, 0) is 28.5 Å². The highest BCUT2D eigenvalue weighted by molar-refractivity contribution is 7.86. The largest absolute Gasteiger partial charge is 0.339 e. The summed E-state index contributed by atoms with van der Waals surface area (Å²) in [5.41, 5.74) is 0. The average molecular weight is 264 g/mol. The quantitative estimate of drug-likeness (QED) is 0.542. The zero-order valence-electron chi connectivity index (χ0n) is 9.95. The van der Waals surface area contributed by atoms with Crippen molar-refractivity contribution in [2.24, 2.45) is 0 Å². The van der Waals surface area contributed by atoms with Gasteiger partial charge in [-0.2, -0.15) is 8.42 Å². The molecule has 17 heavy (non-hydrogen) atoms. The third kappa shape index (κ3) is 2.69. The SMILES string of the molecule is C=C[C@@H]1O[C@@H]2OC(C)(C)O[C@H]2[C@@H]1OS(C)(=O)=O. The number of rotatable bonds is 3. The molecule has 0 unspecified atom stereocenters. The van der Waals surface area contributed by atoms with Crippen LogP contribution < -0.4 is 0 Å². The minimum atomic E-state index is -3.59. The first-order valence-corrected chi connectivity index (χ1v) is 7.05. The van der Waals surface area contributed by atoms with Crippen LogP contribution in [0.15, 0.2) is 12.7 Å². The molecular formula is C10H16O6S. The van der Waals surface area contributed by atoms with Crippen LogP contribution in [0.4, 0.5) is 0 Å². The average Bonchev–Trinajstić information content (AvgIpc) is 2.58. The van der Waals surface area contributed by atoms with Crippen LogP contribution >= 0.6 is 0 Å². The van der Waals surface area contributed by atoms with Crippen LogP contribution in [0.25, 0.3) is 0 Å². The highest BCUT2D eigenvalue weighted by Crippen LogP contribution is 2.39. The second-order valence-electron chi connectivity index (χ2n) is 4.57. The Morgan fingerprint density at radius 3 is 2.53 bits per heavy atom. The van der Waals surface area contributed by atoms with Crippen LogP contribution in [-0.4, -0.2) is 45.1 Å². The molecule has 2 heterocycles. The standard InChI is InChI=1S/C10H16O6S/c1-5-6-7(16-17(4,11)12)8-9(13-6)15-10(2,3)14-8/h5-9H,1H2,2-4H3/t6-,7+,8-,9+/m0/s1. The first-order valence-electron chi connectivity index (χ1n) is 5.24. The predicted molar refractivity (Wildman–Crippen MR) is 58.6 cm³/mol. The first-order chi connectivity index (χ1) is 7.72. The van der Waals surface area contributed by atoms with E-state index in [1.165, 1.54) is 6.08 Å². The molecule has 98 valence electrons. The summed E-state index contributed by atoms with van der Waals surface area (Å²) in [7, 11) is -3.59. The number of ether oxygens (including phenoxy) is 3. The van der Waals surface area contributed by atoms with Crippen LogP contribution in [0.5, 0.6) is 0 Å². The maximum absolute atomic E-state index is 11.2. The van der Waals surface area contributed by atoms with Crippen LogP contribution in [0.1, 0.15) is 13.8 Å². The van der Waals surface area contributed by atoms with Gasteiger partial charge >= 0.3 is 0 Å². The number of hydrogen-bond donors (Lipinski definition) is 0. The van der Waals surface area contributed by atoms with Gasteiger partial charge in [-0.05, 0) is 13.8 Å². The molecule has 2 aliphatic rings.